The maximum absolute atomic E-state index is 13.6. The highest BCUT2D eigenvalue weighted by Gasteiger charge is 2.09. The van der Waals surface area contributed by atoms with Crippen molar-refractivity contribution in [2.45, 2.75) is 12.8 Å². The molecule has 2 aromatic carbocycles. The Morgan fingerprint density at radius 1 is 1.04 bits per heavy atom. The van der Waals surface area contributed by atoms with Crippen molar-refractivity contribution in [2.75, 3.05) is 18.4 Å². The summed E-state index contributed by atoms with van der Waals surface area (Å²) < 4.78 is 13.6. The van der Waals surface area contributed by atoms with Crippen LogP contribution in [0.15, 0.2) is 60.8 Å². The van der Waals surface area contributed by atoms with E-state index >= 15 is 0 Å². The van der Waals surface area contributed by atoms with Crippen molar-refractivity contribution in [3.05, 3.63) is 88.5 Å². The summed E-state index contributed by atoms with van der Waals surface area (Å²) in [7, 11) is 0. The topological polar surface area (TPSA) is 66.9 Å². The zero-order valence-corrected chi connectivity index (χ0v) is 15.9. The molecule has 0 radical (unpaired) electrons. The number of carbonyl (C=O) groups is 1. The van der Waals surface area contributed by atoms with Crippen LogP contribution in [-0.4, -0.2) is 29.0 Å². The molecule has 0 unspecified atom stereocenters. The molecule has 28 heavy (non-hydrogen) atoms. The first-order valence-corrected chi connectivity index (χ1v) is 9.32. The lowest BCUT2D eigenvalue weighted by Gasteiger charge is -2.08. The van der Waals surface area contributed by atoms with E-state index in [1.165, 1.54) is 12.3 Å². The summed E-state index contributed by atoms with van der Waals surface area (Å²) in [5.41, 5.74) is 1.94. The number of carbonyl (C=O) groups excluding carboxylic acids is 1. The number of benzene rings is 2. The summed E-state index contributed by atoms with van der Waals surface area (Å²) in [6.45, 7) is 0.931. The minimum absolute atomic E-state index is 0.238. The molecule has 1 amide bonds. The lowest BCUT2D eigenvalue weighted by Crippen LogP contribution is -2.27. The second-order valence-corrected chi connectivity index (χ2v) is 6.61. The van der Waals surface area contributed by atoms with Gasteiger partial charge in [0.1, 0.15) is 11.5 Å². The van der Waals surface area contributed by atoms with Crippen LogP contribution in [-0.2, 0) is 12.8 Å². The fourth-order valence-corrected chi connectivity index (χ4v) is 2.90. The third-order valence-corrected chi connectivity index (χ3v) is 4.35. The number of aromatic nitrogens is 2. The Morgan fingerprint density at radius 2 is 1.89 bits per heavy atom. The van der Waals surface area contributed by atoms with E-state index in [1.54, 1.807) is 24.3 Å². The van der Waals surface area contributed by atoms with Gasteiger partial charge >= 0.3 is 0 Å². The van der Waals surface area contributed by atoms with Gasteiger partial charge in [-0.15, -0.1) is 0 Å². The second-order valence-electron chi connectivity index (χ2n) is 6.17. The first-order valence-electron chi connectivity index (χ1n) is 8.95. The molecular weight excluding hydrogens is 379 g/mol. The molecule has 7 heteroatoms. The number of hydrogen-bond donors (Lipinski definition) is 2. The average Bonchev–Trinajstić information content (AvgIpc) is 2.70. The van der Waals surface area contributed by atoms with Crippen molar-refractivity contribution < 1.29 is 9.18 Å². The molecule has 144 valence electrons. The largest absolute Gasteiger partial charge is 0.354 e. The molecule has 3 aromatic rings. The predicted molar refractivity (Wildman–Crippen MR) is 108 cm³/mol. The predicted octanol–water partition coefficient (Wildman–Crippen LogP) is 3.90. The number of nitrogens with one attached hydrogen (secondary N) is 2. The zero-order valence-electron chi connectivity index (χ0n) is 15.2. The van der Waals surface area contributed by atoms with Gasteiger partial charge in [0.15, 0.2) is 0 Å². The van der Waals surface area contributed by atoms with Gasteiger partial charge in [0.05, 0.1) is 0 Å². The zero-order chi connectivity index (χ0) is 19.8. The van der Waals surface area contributed by atoms with Crippen molar-refractivity contribution in [1.82, 2.24) is 15.3 Å². The van der Waals surface area contributed by atoms with Crippen LogP contribution in [0.1, 0.15) is 21.6 Å². The molecule has 1 aromatic heterocycles. The number of halogens is 2. The minimum atomic E-state index is -0.276. The summed E-state index contributed by atoms with van der Waals surface area (Å²) in [6.07, 6.45) is 2.68. The van der Waals surface area contributed by atoms with Crippen LogP contribution in [0.5, 0.6) is 0 Å². The molecule has 0 aliphatic heterocycles. The summed E-state index contributed by atoms with van der Waals surface area (Å²) in [4.78, 5) is 20.6. The molecule has 0 spiro atoms. The number of amides is 1. The summed E-state index contributed by atoms with van der Waals surface area (Å²) in [5, 5.41) is 6.53. The Balaban J connectivity index is 1.49. The van der Waals surface area contributed by atoms with Crippen LogP contribution < -0.4 is 10.6 Å². The van der Waals surface area contributed by atoms with E-state index in [1.807, 2.05) is 24.3 Å². The summed E-state index contributed by atoms with van der Waals surface area (Å²) >= 11 is 5.96. The van der Waals surface area contributed by atoms with Gasteiger partial charge in [-0.2, -0.15) is 0 Å². The Labute approximate surface area is 168 Å². The molecule has 1 heterocycles. The van der Waals surface area contributed by atoms with Gasteiger partial charge in [0.25, 0.3) is 5.91 Å². The van der Waals surface area contributed by atoms with Crippen LogP contribution in [0, 0.1) is 5.82 Å². The van der Waals surface area contributed by atoms with Gasteiger partial charge in [0, 0.05) is 24.3 Å². The van der Waals surface area contributed by atoms with Gasteiger partial charge in [-0.25, -0.2) is 14.4 Å². The number of hydrogen-bond acceptors (Lipinski definition) is 4. The van der Waals surface area contributed by atoms with E-state index < -0.39 is 0 Å². The maximum atomic E-state index is 13.6. The van der Waals surface area contributed by atoms with E-state index in [2.05, 4.69) is 20.6 Å². The fourth-order valence-electron chi connectivity index (χ4n) is 2.68. The Hall–Kier alpha value is -2.99. The molecule has 2 N–H and O–H groups in total. The van der Waals surface area contributed by atoms with Gasteiger partial charge in [-0.3, -0.25) is 4.79 Å². The summed E-state index contributed by atoms with van der Waals surface area (Å²) in [6, 6.07) is 15.7. The lowest BCUT2D eigenvalue weighted by atomic mass is 10.1. The highest BCUT2D eigenvalue weighted by Crippen LogP contribution is 2.11. The van der Waals surface area contributed by atoms with E-state index in [9.17, 15) is 9.18 Å². The molecule has 0 atom stereocenters. The van der Waals surface area contributed by atoms with Crippen molar-refractivity contribution in [1.29, 1.82) is 0 Å². The quantitative estimate of drug-likeness (QED) is 0.604. The number of nitrogens with zero attached hydrogens (tertiary/aromatic N) is 2. The van der Waals surface area contributed by atoms with Gasteiger partial charge < -0.3 is 10.6 Å². The second kappa shape index (κ2) is 9.80. The summed E-state index contributed by atoms with van der Waals surface area (Å²) in [5.74, 6) is -0.182. The number of rotatable bonds is 8. The number of anilines is 1. The Kier molecular flexibility index (Phi) is 6.92. The molecule has 0 aliphatic rings. The minimum Gasteiger partial charge on any atom is -0.354 e. The third kappa shape index (κ3) is 5.76. The average molecular weight is 399 g/mol. The SMILES string of the molecule is O=C(NCCc1cccc(Cl)c1)c1ccnc(NCCc2ccccc2F)n1. The van der Waals surface area contributed by atoms with Crippen LogP contribution in [0.4, 0.5) is 10.3 Å². The van der Waals surface area contributed by atoms with Gasteiger partial charge in [0.2, 0.25) is 5.95 Å². The highest BCUT2D eigenvalue weighted by atomic mass is 35.5. The van der Waals surface area contributed by atoms with Crippen molar-refractivity contribution >= 4 is 23.5 Å². The van der Waals surface area contributed by atoms with Crippen LogP contribution >= 0.6 is 11.6 Å². The molecule has 0 saturated heterocycles. The Morgan fingerprint density at radius 3 is 2.71 bits per heavy atom. The van der Waals surface area contributed by atoms with Crippen molar-refractivity contribution in [3.8, 4) is 0 Å². The standard InChI is InChI=1S/C21H20ClFN4O/c22-17-6-3-4-15(14-17)8-11-24-20(28)19-10-13-26-21(27-19)25-12-9-16-5-1-2-7-18(16)23/h1-7,10,13-14H,8-9,11-12H2,(H,24,28)(H,25,26,27). The molecule has 0 saturated carbocycles. The van der Waals surface area contributed by atoms with Crippen molar-refractivity contribution in [3.63, 3.8) is 0 Å². The lowest BCUT2D eigenvalue weighted by molar-refractivity contribution is 0.0949. The monoisotopic (exact) mass is 398 g/mol. The van der Waals surface area contributed by atoms with Crippen LogP contribution in [0.3, 0.4) is 0 Å². The van der Waals surface area contributed by atoms with E-state index in [0.29, 0.717) is 42.5 Å². The smallest absolute Gasteiger partial charge is 0.270 e. The molecule has 5 nitrogen and oxygen atoms in total. The molecule has 0 aliphatic carbocycles. The van der Waals surface area contributed by atoms with Crippen LogP contribution in [0.2, 0.25) is 5.02 Å². The first kappa shape index (κ1) is 19.8. The molecule has 0 bridgehead atoms. The van der Waals surface area contributed by atoms with Crippen molar-refractivity contribution in [2.24, 2.45) is 0 Å². The highest BCUT2D eigenvalue weighted by molar-refractivity contribution is 6.30. The van der Waals surface area contributed by atoms with E-state index in [-0.39, 0.29) is 17.4 Å². The van der Waals surface area contributed by atoms with Gasteiger partial charge in [-0.1, -0.05) is 41.9 Å². The fraction of sp³-hybridized carbons (Fsp3) is 0.190. The first-order chi connectivity index (χ1) is 13.6. The normalized spacial score (nSPS) is 10.5. The van der Waals surface area contributed by atoms with E-state index in [0.717, 1.165) is 5.56 Å². The molecular formula is C21H20ClFN4O. The Bertz CT molecular complexity index is 951. The molecule has 3 rings (SSSR count). The maximum Gasteiger partial charge on any atom is 0.270 e. The van der Waals surface area contributed by atoms with E-state index in [4.69, 9.17) is 11.6 Å². The third-order valence-electron chi connectivity index (χ3n) is 4.11. The molecule has 0 fully saturated rings. The van der Waals surface area contributed by atoms with Gasteiger partial charge in [-0.05, 0) is 48.2 Å². The van der Waals surface area contributed by atoms with Crippen LogP contribution in [0.25, 0.3) is 0 Å².